The first kappa shape index (κ1) is 18.4. The quantitative estimate of drug-likeness (QED) is 0.847. The Balaban J connectivity index is 1.87. The molecule has 136 valence electrons. The highest BCUT2D eigenvalue weighted by Gasteiger charge is 2.34. The molecule has 3 rings (SSSR count). The van der Waals surface area contributed by atoms with Crippen LogP contribution in [0.4, 0.5) is 5.13 Å². The molecule has 1 N–H and O–H groups in total. The molecule has 1 aliphatic rings. The first-order valence-corrected chi connectivity index (χ1v) is 10.8. The standard InChI is InChI=1S/C15H18ClN3O4S2/c1-23-11-7-6-9(16)13-12(11)17-15(24-13)18-14(20)10-5-3-4-8-19(10)25(2,21)22/h6-7,10H,3-5,8H2,1-2H3,(H,17,18,20)/t10-/m1/s1. The van der Waals surface area contributed by atoms with Gasteiger partial charge >= 0.3 is 0 Å². The van der Waals surface area contributed by atoms with Gasteiger partial charge in [-0.05, 0) is 25.0 Å². The number of ether oxygens (including phenoxy) is 1. The number of nitrogens with zero attached hydrogens (tertiary/aromatic N) is 2. The number of carbonyl (C=O) groups is 1. The van der Waals surface area contributed by atoms with E-state index in [0.29, 0.717) is 39.1 Å². The summed E-state index contributed by atoms with van der Waals surface area (Å²) in [7, 11) is -1.91. The van der Waals surface area contributed by atoms with E-state index >= 15 is 0 Å². The smallest absolute Gasteiger partial charge is 0.244 e. The first-order valence-electron chi connectivity index (χ1n) is 7.72. The number of benzene rings is 1. The fourth-order valence-corrected chi connectivity index (χ4v) is 5.21. The molecule has 10 heteroatoms. The lowest BCUT2D eigenvalue weighted by molar-refractivity contribution is -0.120. The number of anilines is 1. The molecule has 25 heavy (non-hydrogen) atoms. The second-order valence-corrected chi connectivity index (χ2v) is 9.16. The van der Waals surface area contributed by atoms with Gasteiger partial charge in [0.2, 0.25) is 15.9 Å². The second-order valence-electron chi connectivity index (χ2n) is 5.82. The zero-order valence-corrected chi connectivity index (χ0v) is 16.2. The van der Waals surface area contributed by atoms with Gasteiger partial charge in [-0.15, -0.1) is 0 Å². The molecular formula is C15H18ClN3O4S2. The van der Waals surface area contributed by atoms with E-state index in [1.165, 1.54) is 22.8 Å². The lowest BCUT2D eigenvalue weighted by atomic mass is 10.0. The van der Waals surface area contributed by atoms with Gasteiger partial charge in [0.05, 0.1) is 23.1 Å². The SMILES string of the molecule is COc1ccc(Cl)c2sc(NC(=O)[C@H]3CCCCN3S(C)(=O)=O)nc12. The number of thiazole rings is 1. The predicted octanol–water partition coefficient (Wildman–Crippen LogP) is 2.71. The highest BCUT2D eigenvalue weighted by molar-refractivity contribution is 7.88. The second kappa shape index (κ2) is 7.06. The molecule has 1 atom stereocenters. The summed E-state index contributed by atoms with van der Waals surface area (Å²) in [6.45, 7) is 0.358. The van der Waals surface area contributed by atoms with Crippen LogP contribution in [0, 0.1) is 0 Å². The molecule has 1 aliphatic heterocycles. The lowest BCUT2D eigenvalue weighted by Crippen LogP contribution is -2.49. The van der Waals surface area contributed by atoms with Crippen molar-refractivity contribution in [3.8, 4) is 5.75 Å². The highest BCUT2D eigenvalue weighted by Crippen LogP contribution is 2.37. The van der Waals surface area contributed by atoms with Crippen molar-refractivity contribution in [1.82, 2.24) is 9.29 Å². The van der Waals surface area contributed by atoms with Gasteiger partial charge in [0, 0.05) is 6.54 Å². The average Bonchev–Trinajstić information content (AvgIpc) is 2.99. The number of hydrogen-bond donors (Lipinski definition) is 1. The minimum Gasteiger partial charge on any atom is -0.494 e. The number of methoxy groups -OCH3 is 1. The van der Waals surface area contributed by atoms with Crippen molar-refractivity contribution >= 4 is 54.2 Å². The van der Waals surface area contributed by atoms with Crippen LogP contribution in [0.3, 0.4) is 0 Å². The fraction of sp³-hybridized carbons (Fsp3) is 0.467. The average molecular weight is 404 g/mol. The van der Waals surface area contributed by atoms with E-state index in [4.69, 9.17) is 16.3 Å². The van der Waals surface area contributed by atoms with Gasteiger partial charge in [0.15, 0.2) is 5.13 Å². The number of aromatic nitrogens is 1. The van der Waals surface area contributed by atoms with E-state index in [-0.39, 0.29) is 5.91 Å². The number of halogens is 1. The summed E-state index contributed by atoms with van der Waals surface area (Å²) in [4.78, 5) is 17.0. The number of hydrogen-bond acceptors (Lipinski definition) is 6. The molecular weight excluding hydrogens is 386 g/mol. The van der Waals surface area contributed by atoms with Crippen LogP contribution < -0.4 is 10.1 Å². The zero-order valence-electron chi connectivity index (χ0n) is 13.8. The third kappa shape index (κ3) is 3.74. The number of nitrogens with one attached hydrogen (secondary N) is 1. The minimum absolute atomic E-state index is 0.358. The fourth-order valence-electron chi connectivity index (χ4n) is 2.92. The number of rotatable bonds is 4. The topological polar surface area (TPSA) is 88.6 Å². The van der Waals surface area contributed by atoms with Crippen molar-refractivity contribution in [2.75, 3.05) is 25.2 Å². The van der Waals surface area contributed by atoms with E-state index in [1.807, 2.05) is 0 Å². The Labute approximate surface area is 155 Å². The van der Waals surface area contributed by atoms with Crippen molar-refractivity contribution in [1.29, 1.82) is 0 Å². The Morgan fingerprint density at radius 2 is 2.20 bits per heavy atom. The molecule has 0 saturated carbocycles. The summed E-state index contributed by atoms with van der Waals surface area (Å²) < 4.78 is 31.1. The normalized spacial score (nSPS) is 19.1. The van der Waals surface area contributed by atoms with Gasteiger partial charge in [-0.25, -0.2) is 13.4 Å². The van der Waals surface area contributed by atoms with Crippen LogP contribution in [0.25, 0.3) is 10.2 Å². The van der Waals surface area contributed by atoms with Crippen molar-refractivity contribution in [2.24, 2.45) is 0 Å². The Bertz CT molecular complexity index is 913. The Morgan fingerprint density at radius 1 is 1.44 bits per heavy atom. The number of fused-ring (bicyclic) bond motifs is 1. The van der Waals surface area contributed by atoms with Crippen LogP contribution in [0.1, 0.15) is 19.3 Å². The van der Waals surface area contributed by atoms with Crippen molar-refractivity contribution in [3.63, 3.8) is 0 Å². The number of carbonyl (C=O) groups excluding carboxylic acids is 1. The first-order chi connectivity index (χ1) is 11.8. The summed E-state index contributed by atoms with van der Waals surface area (Å²) in [6.07, 6.45) is 3.18. The lowest BCUT2D eigenvalue weighted by Gasteiger charge is -2.32. The maximum atomic E-state index is 12.6. The van der Waals surface area contributed by atoms with Gasteiger partial charge in [0.25, 0.3) is 0 Å². The number of sulfonamides is 1. The van der Waals surface area contributed by atoms with Crippen LogP contribution in [-0.2, 0) is 14.8 Å². The number of amides is 1. The van der Waals surface area contributed by atoms with Crippen LogP contribution >= 0.6 is 22.9 Å². The van der Waals surface area contributed by atoms with Gasteiger partial charge in [0.1, 0.15) is 17.3 Å². The van der Waals surface area contributed by atoms with E-state index in [2.05, 4.69) is 10.3 Å². The predicted molar refractivity (Wildman–Crippen MR) is 99.0 cm³/mol. The number of piperidine rings is 1. The molecule has 0 radical (unpaired) electrons. The van der Waals surface area contributed by atoms with E-state index < -0.39 is 16.1 Å². The Kier molecular flexibility index (Phi) is 5.19. The molecule has 0 aliphatic carbocycles. The van der Waals surface area contributed by atoms with E-state index in [0.717, 1.165) is 19.1 Å². The van der Waals surface area contributed by atoms with Crippen molar-refractivity contribution in [2.45, 2.75) is 25.3 Å². The summed E-state index contributed by atoms with van der Waals surface area (Å²) in [5.41, 5.74) is 0.568. The molecule has 0 spiro atoms. The van der Waals surface area contributed by atoms with Crippen LogP contribution in [0.5, 0.6) is 5.75 Å². The largest absolute Gasteiger partial charge is 0.494 e. The molecule has 7 nitrogen and oxygen atoms in total. The molecule has 1 fully saturated rings. The molecule has 2 heterocycles. The third-order valence-corrected chi connectivity index (χ3v) is 6.81. The molecule has 2 aromatic rings. The van der Waals surface area contributed by atoms with E-state index in [1.54, 1.807) is 12.1 Å². The van der Waals surface area contributed by atoms with Gasteiger partial charge in [-0.1, -0.05) is 29.4 Å². The molecule has 0 bridgehead atoms. The maximum Gasteiger partial charge on any atom is 0.244 e. The van der Waals surface area contributed by atoms with Crippen LogP contribution in [0.15, 0.2) is 12.1 Å². The molecule has 1 aromatic heterocycles. The zero-order chi connectivity index (χ0) is 18.2. The molecule has 1 amide bonds. The summed E-state index contributed by atoms with van der Waals surface area (Å²) in [6, 6.07) is 2.70. The Morgan fingerprint density at radius 3 is 2.88 bits per heavy atom. The van der Waals surface area contributed by atoms with Gasteiger partial charge < -0.3 is 10.1 Å². The molecule has 1 saturated heterocycles. The van der Waals surface area contributed by atoms with E-state index in [9.17, 15) is 13.2 Å². The summed E-state index contributed by atoms with van der Waals surface area (Å²) >= 11 is 7.41. The van der Waals surface area contributed by atoms with Crippen LogP contribution in [0.2, 0.25) is 5.02 Å². The Hall–Kier alpha value is -1.42. The third-order valence-electron chi connectivity index (χ3n) is 4.09. The minimum atomic E-state index is -3.44. The summed E-state index contributed by atoms with van der Waals surface area (Å²) in [5.74, 6) is 0.186. The highest BCUT2D eigenvalue weighted by atomic mass is 35.5. The van der Waals surface area contributed by atoms with Gasteiger partial charge in [-0.3, -0.25) is 4.79 Å². The molecule has 0 unspecified atom stereocenters. The van der Waals surface area contributed by atoms with Gasteiger partial charge in [-0.2, -0.15) is 4.31 Å². The molecule has 1 aromatic carbocycles. The van der Waals surface area contributed by atoms with Crippen LogP contribution in [-0.4, -0.2) is 49.6 Å². The van der Waals surface area contributed by atoms with Crippen molar-refractivity contribution < 1.29 is 17.9 Å². The maximum absolute atomic E-state index is 12.6. The monoisotopic (exact) mass is 403 g/mol. The summed E-state index contributed by atoms with van der Waals surface area (Å²) in [5, 5.41) is 3.61. The van der Waals surface area contributed by atoms with Crippen molar-refractivity contribution in [3.05, 3.63) is 17.2 Å².